The Kier molecular flexibility index (Phi) is 5.74. The molecule has 3 N–H and O–H groups in total. The summed E-state index contributed by atoms with van der Waals surface area (Å²) in [5.41, 5.74) is 8.37. The molecule has 0 aliphatic rings. The topological polar surface area (TPSA) is 94.8 Å². The number of nitrogens with zero attached hydrogens (tertiary/aromatic N) is 4. The molecule has 4 aromatic rings. The molecule has 0 aliphatic carbocycles. The Morgan fingerprint density at radius 1 is 1.32 bits per heavy atom. The van der Waals surface area contributed by atoms with Gasteiger partial charge in [-0.1, -0.05) is 25.6 Å². The number of hydrogen-bond donors (Lipinski definition) is 2. The monoisotopic (exact) mass is 508 g/mol. The quantitative estimate of drug-likeness (QED) is 0.284. The van der Waals surface area contributed by atoms with E-state index in [4.69, 9.17) is 15.1 Å². The minimum Gasteiger partial charge on any atom is -0.464 e. The molecule has 0 saturated heterocycles. The first-order chi connectivity index (χ1) is 13.5. The number of nitrogen functional groups attached to an aromatic ring is 1. The van der Waals surface area contributed by atoms with Crippen LogP contribution < -0.4 is 11.1 Å². The lowest BCUT2D eigenvalue weighted by molar-refractivity contribution is 0.525. The second-order valence-electron chi connectivity index (χ2n) is 6.78. The number of fused-ring (bicyclic) bond motifs is 2. The number of imidazole rings is 1. The first-order valence-electron chi connectivity index (χ1n) is 9.07. The Bertz CT molecular complexity index is 1120. The smallest absolute Gasteiger partial charge is 0.175 e. The van der Waals surface area contributed by atoms with E-state index in [-0.39, 0.29) is 0 Å². The van der Waals surface area contributed by atoms with Crippen molar-refractivity contribution in [3.05, 3.63) is 34.4 Å². The molecule has 0 bridgehead atoms. The van der Waals surface area contributed by atoms with Crippen LogP contribution in [0.3, 0.4) is 0 Å². The minimum atomic E-state index is 0.408. The lowest BCUT2D eigenvalue weighted by atomic mass is 10.3. The largest absolute Gasteiger partial charge is 0.464 e. The molecule has 7 nitrogen and oxygen atoms in total. The Labute approximate surface area is 180 Å². The standard InChI is InChI=1S/C19H21IN6OS/c1-11(2)22-5-3-6-26-18-16(17(21)23-10-24-18)25-19(26)28-15-8-12-4-7-27-14(12)9-13(15)20/h4,7-11,22H,3,5-6H2,1-2H3,(H2,21,23,24). The van der Waals surface area contributed by atoms with Crippen LogP contribution in [-0.4, -0.2) is 32.1 Å². The fourth-order valence-corrected chi connectivity index (χ4v) is 4.71. The normalized spacial score (nSPS) is 11.9. The van der Waals surface area contributed by atoms with Gasteiger partial charge in [0.05, 0.1) is 6.26 Å². The van der Waals surface area contributed by atoms with Crippen molar-refractivity contribution in [3.63, 3.8) is 0 Å². The Morgan fingerprint density at radius 3 is 3.00 bits per heavy atom. The van der Waals surface area contributed by atoms with Gasteiger partial charge < -0.3 is 20.0 Å². The maximum absolute atomic E-state index is 6.05. The van der Waals surface area contributed by atoms with Crippen LogP contribution in [0.25, 0.3) is 22.1 Å². The third kappa shape index (κ3) is 3.96. The van der Waals surface area contributed by atoms with Crippen LogP contribution >= 0.6 is 34.4 Å². The van der Waals surface area contributed by atoms with E-state index in [1.165, 1.54) is 6.33 Å². The summed E-state index contributed by atoms with van der Waals surface area (Å²) in [5.74, 6) is 0.408. The zero-order valence-corrected chi connectivity index (χ0v) is 18.6. The van der Waals surface area contributed by atoms with Crippen molar-refractivity contribution < 1.29 is 4.42 Å². The number of aryl methyl sites for hydroxylation is 1. The number of anilines is 1. The molecule has 1 aromatic carbocycles. The average molecular weight is 508 g/mol. The van der Waals surface area contributed by atoms with Gasteiger partial charge >= 0.3 is 0 Å². The van der Waals surface area contributed by atoms with Gasteiger partial charge in [0.15, 0.2) is 22.1 Å². The number of rotatable bonds is 7. The van der Waals surface area contributed by atoms with E-state index < -0.39 is 0 Å². The second-order valence-corrected chi connectivity index (χ2v) is 8.95. The van der Waals surface area contributed by atoms with Crippen LogP contribution in [0.15, 0.2) is 45.3 Å². The third-order valence-corrected chi connectivity index (χ3v) is 6.65. The molecule has 4 rings (SSSR count). The summed E-state index contributed by atoms with van der Waals surface area (Å²) in [5, 5.41) is 5.40. The number of hydrogen-bond acceptors (Lipinski definition) is 7. The van der Waals surface area contributed by atoms with E-state index in [1.807, 2.05) is 12.1 Å². The number of aromatic nitrogens is 4. The Hall–Kier alpha value is -1.85. The van der Waals surface area contributed by atoms with Crippen molar-refractivity contribution in [1.29, 1.82) is 0 Å². The van der Waals surface area contributed by atoms with E-state index >= 15 is 0 Å². The Balaban J connectivity index is 1.69. The second kappa shape index (κ2) is 8.26. The van der Waals surface area contributed by atoms with Crippen molar-refractivity contribution in [3.8, 4) is 0 Å². The number of nitrogens with two attached hydrogens (primary N) is 1. The molecule has 0 saturated carbocycles. The zero-order chi connectivity index (χ0) is 19.7. The molecule has 0 radical (unpaired) electrons. The predicted molar refractivity (Wildman–Crippen MR) is 121 cm³/mol. The van der Waals surface area contributed by atoms with Crippen LogP contribution in [-0.2, 0) is 6.54 Å². The number of benzene rings is 1. The Morgan fingerprint density at radius 2 is 2.18 bits per heavy atom. The van der Waals surface area contributed by atoms with Crippen molar-refractivity contribution in [2.45, 2.75) is 42.9 Å². The predicted octanol–water partition coefficient (Wildman–Crippen LogP) is 4.30. The first kappa shape index (κ1) is 19.5. The van der Waals surface area contributed by atoms with E-state index in [0.717, 1.165) is 49.7 Å². The molecular weight excluding hydrogens is 487 g/mol. The van der Waals surface area contributed by atoms with E-state index in [2.05, 4.69) is 62.4 Å². The molecule has 28 heavy (non-hydrogen) atoms. The molecule has 0 atom stereocenters. The van der Waals surface area contributed by atoms with Gasteiger partial charge in [-0.25, -0.2) is 15.0 Å². The van der Waals surface area contributed by atoms with Gasteiger partial charge in [-0.05, 0) is 53.8 Å². The molecule has 0 aliphatic heterocycles. The lowest BCUT2D eigenvalue weighted by Crippen LogP contribution is -2.24. The van der Waals surface area contributed by atoms with Gasteiger partial charge in [0.25, 0.3) is 0 Å². The number of nitrogens with one attached hydrogen (secondary N) is 1. The van der Waals surface area contributed by atoms with E-state index in [0.29, 0.717) is 17.4 Å². The van der Waals surface area contributed by atoms with Gasteiger partial charge in [0.1, 0.15) is 11.9 Å². The fraction of sp³-hybridized carbons (Fsp3) is 0.316. The summed E-state index contributed by atoms with van der Waals surface area (Å²) in [6, 6.07) is 6.62. The molecule has 3 heterocycles. The molecule has 9 heteroatoms. The lowest BCUT2D eigenvalue weighted by Gasteiger charge is -2.11. The molecule has 3 aromatic heterocycles. The fourth-order valence-electron chi connectivity index (χ4n) is 2.98. The van der Waals surface area contributed by atoms with Gasteiger partial charge in [0, 0.05) is 26.4 Å². The van der Waals surface area contributed by atoms with Gasteiger partial charge in [-0.15, -0.1) is 0 Å². The third-order valence-electron chi connectivity index (χ3n) is 4.34. The summed E-state index contributed by atoms with van der Waals surface area (Å²) >= 11 is 3.95. The number of halogens is 1. The van der Waals surface area contributed by atoms with Gasteiger partial charge in [0.2, 0.25) is 0 Å². The molecular formula is C19H21IN6OS. The highest BCUT2D eigenvalue weighted by Crippen LogP contribution is 2.36. The van der Waals surface area contributed by atoms with E-state index in [9.17, 15) is 0 Å². The molecule has 0 unspecified atom stereocenters. The molecule has 0 spiro atoms. The summed E-state index contributed by atoms with van der Waals surface area (Å²) < 4.78 is 8.75. The summed E-state index contributed by atoms with van der Waals surface area (Å²) in [7, 11) is 0. The maximum Gasteiger partial charge on any atom is 0.175 e. The number of furan rings is 1. The highest BCUT2D eigenvalue weighted by molar-refractivity contribution is 14.1. The highest BCUT2D eigenvalue weighted by atomic mass is 127. The van der Waals surface area contributed by atoms with Crippen LogP contribution in [0.1, 0.15) is 20.3 Å². The van der Waals surface area contributed by atoms with E-state index in [1.54, 1.807) is 18.0 Å². The van der Waals surface area contributed by atoms with Crippen LogP contribution in [0, 0.1) is 3.57 Å². The summed E-state index contributed by atoms with van der Waals surface area (Å²) in [6.45, 7) is 6.03. The summed E-state index contributed by atoms with van der Waals surface area (Å²) in [6.07, 6.45) is 4.18. The molecule has 146 valence electrons. The van der Waals surface area contributed by atoms with Gasteiger partial charge in [-0.2, -0.15) is 0 Å². The van der Waals surface area contributed by atoms with Crippen molar-refractivity contribution in [2.24, 2.45) is 0 Å². The van der Waals surface area contributed by atoms with Gasteiger partial charge in [-0.3, -0.25) is 0 Å². The van der Waals surface area contributed by atoms with Crippen molar-refractivity contribution in [2.75, 3.05) is 12.3 Å². The van der Waals surface area contributed by atoms with Crippen molar-refractivity contribution in [1.82, 2.24) is 24.8 Å². The van der Waals surface area contributed by atoms with Crippen LogP contribution in [0.2, 0.25) is 0 Å². The molecule has 0 fully saturated rings. The van der Waals surface area contributed by atoms with Crippen LogP contribution in [0.5, 0.6) is 0 Å². The average Bonchev–Trinajstić information content (AvgIpc) is 3.24. The zero-order valence-electron chi connectivity index (χ0n) is 15.6. The molecule has 0 amide bonds. The minimum absolute atomic E-state index is 0.408. The maximum atomic E-state index is 6.05. The summed E-state index contributed by atoms with van der Waals surface area (Å²) in [4.78, 5) is 14.4. The highest BCUT2D eigenvalue weighted by Gasteiger charge is 2.17. The SMILES string of the molecule is CC(C)NCCCn1c(Sc2cc3ccoc3cc2I)nc2c(N)ncnc21. The van der Waals surface area contributed by atoms with Crippen molar-refractivity contribution >= 4 is 62.3 Å². The van der Waals surface area contributed by atoms with Crippen LogP contribution in [0.4, 0.5) is 5.82 Å². The first-order valence-corrected chi connectivity index (χ1v) is 11.0.